The second-order valence-electron chi connectivity index (χ2n) is 2.95. The van der Waals surface area contributed by atoms with Gasteiger partial charge in [-0.25, -0.2) is 4.79 Å². The van der Waals surface area contributed by atoms with E-state index < -0.39 is 30.5 Å². The fourth-order valence-electron chi connectivity index (χ4n) is 0.962. The van der Waals surface area contributed by atoms with Crippen LogP contribution in [0.3, 0.4) is 0 Å². The molecule has 0 aromatic rings. The molecule has 5 N–H and O–H groups in total. The van der Waals surface area contributed by atoms with Gasteiger partial charge in [-0.1, -0.05) is 0 Å². The Morgan fingerprint density at radius 3 is 2.50 bits per heavy atom. The Bertz CT molecular complexity index is 272. The zero-order valence-electron chi connectivity index (χ0n) is 8.86. The number of carboxylic acid groups (broad SMARTS) is 1. The second-order valence-corrected chi connectivity index (χ2v) is 3.94. The Morgan fingerprint density at radius 2 is 2.06 bits per heavy atom. The molecule has 0 aromatic carbocycles. The van der Waals surface area contributed by atoms with Crippen molar-refractivity contribution in [3.05, 3.63) is 0 Å². The zero-order chi connectivity index (χ0) is 12.6. The van der Waals surface area contributed by atoms with Crippen LogP contribution in [-0.2, 0) is 9.59 Å². The predicted molar refractivity (Wildman–Crippen MR) is 60.2 cm³/mol. The van der Waals surface area contributed by atoms with Crippen LogP contribution in [0.2, 0.25) is 0 Å². The van der Waals surface area contributed by atoms with Gasteiger partial charge in [0.2, 0.25) is 5.91 Å². The normalized spacial score (nSPS) is 11.6. The van der Waals surface area contributed by atoms with Gasteiger partial charge in [0, 0.05) is 0 Å². The van der Waals surface area contributed by atoms with Crippen LogP contribution in [0.4, 0.5) is 4.79 Å². The van der Waals surface area contributed by atoms with Crippen molar-refractivity contribution in [2.24, 2.45) is 5.73 Å². The van der Waals surface area contributed by atoms with Crippen LogP contribution in [-0.4, -0.2) is 47.6 Å². The third-order valence-corrected chi connectivity index (χ3v) is 2.30. The molecule has 1 unspecified atom stereocenters. The molecular formula is C8H15N3O4S. The van der Waals surface area contributed by atoms with E-state index in [9.17, 15) is 14.4 Å². The number of amides is 3. The van der Waals surface area contributed by atoms with Gasteiger partial charge in [-0.05, 0) is 18.4 Å². The number of carbonyl (C=O) groups excluding carboxylic acids is 2. The van der Waals surface area contributed by atoms with Crippen LogP contribution in [0, 0.1) is 0 Å². The van der Waals surface area contributed by atoms with Crippen molar-refractivity contribution < 1.29 is 19.5 Å². The van der Waals surface area contributed by atoms with Gasteiger partial charge >= 0.3 is 12.0 Å². The average Bonchev–Trinajstić information content (AvgIpc) is 2.20. The predicted octanol–water partition coefficient (Wildman–Crippen LogP) is -1.02. The molecular weight excluding hydrogens is 234 g/mol. The maximum atomic E-state index is 11.4. The highest BCUT2D eigenvalue weighted by Gasteiger charge is 2.19. The molecule has 0 heterocycles. The summed E-state index contributed by atoms with van der Waals surface area (Å²) in [5.41, 5.74) is 4.91. The summed E-state index contributed by atoms with van der Waals surface area (Å²) in [5.74, 6) is -1.03. The van der Waals surface area contributed by atoms with Gasteiger partial charge < -0.3 is 21.5 Å². The molecule has 92 valence electrons. The van der Waals surface area contributed by atoms with Gasteiger partial charge in [0.15, 0.2) is 0 Å². The number of urea groups is 1. The molecule has 0 radical (unpaired) electrons. The van der Waals surface area contributed by atoms with Crippen LogP contribution in [0.15, 0.2) is 0 Å². The van der Waals surface area contributed by atoms with Gasteiger partial charge in [-0.2, -0.15) is 11.8 Å². The van der Waals surface area contributed by atoms with E-state index in [4.69, 9.17) is 10.8 Å². The summed E-state index contributed by atoms with van der Waals surface area (Å²) in [6.45, 7) is -0.477. The van der Waals surface area contributed by atoms with Crippen LogP contribution >= 0.6 is 11.8 Å². The van der Waals surface area contributed by atoms with Crippen molar-refractivity contribution in [1.29, 1.82) is 0 Å². The Morgan fingerprint density at radius 1 is 1.44 bits per heavy atom. The molecule has 8 heteroatoms. The molecule has 0 aliphatic heterocycles. The number of aliphatic carboxylic acids is 1. The Kier molecular flexibility index (Phi) is 7.10. The van der Waals surface area contributed by atoms with Crippen molar-refractivity contribution in [3.8, 4) is 0 Å². The number of rotatable bonds is 7. The van der Waals surface area contributed by atoms with E-state index in [1.807, 2.05) is 6.26 Å². The first kappa shape index (κ1) is 14.6. The third kappa shape index (κ3) is 6.93. The molecule has 0 rings (SSSR count). The third-order valence-electron chi connectivity index (χ3n) is 1.66. The number of nitrogens with one attached hydrogen (secondary N) is 2. The first-order valence-electron chi connectivity index (χ1n) is 4.51. The summed E-state index contributed by atoms with van der Waals surface area (Å²) >= 11 is 1.51. The van der Waals surface area contributed by atoms with Crippen LogP contribution in [0.5, 0.6) is 0 Å². The van der Waals surface area contributed by atoms with Crippen molar-refractivity contribution >= 4 is 29.7 Å². The lowest BCUT2D eigenvalue weighted by Gasteiger charge is -2.15. The lowest BCUT2D eigenvalue weighted by atomic mass is 10.2. The van der Waals surface area contributed by atoms with E-state index in [0.717, 1.165) is 0 Å². The molecule has 0 aliphatic carbocycles. The van der Waals surface area contributed by atoms with Crippen molar-refractivity contribution in [2.45, 2.75) is 12.5 Å². The fraction of sp³-hybridized carbons (Fsp3) is 0.625. The molecule has 0 aliphatic rings. The lowest BCUT2D eigenvalue weighted by Crippen LogP contribution is -2.49. The number of carbonyl (C=O) groups is 3. The Hall–Kier alpha value is -1.44. The number of hydrogen-bond acceptors (Lipinski definition) is 4. The summed E-state index contributed by atoms with van der Waals surface area (Å²) in [5, 5.41) is 12.8. The summed E-state index contributed by atoms with van der Waals surface area (Å²) in [7, 11) is 0. The van der Waals surface area contributed by atoms with E-state index in [1.54, 1.807) is 0 Å². The molecule has 0 aromatic heterocycles. The minimum Gasteiger partial charge on any atom is -0.480 e. The quantitative estimate of drug-likeness (QED) is 0.460. The molecule has 0 saturated heterocycles. The van der Waals surface area contributed by atoms with E-state index in [-0.39, 0.29) is 0 Å². The lowest BCUT2D eigenvalue weighted by molar-refractivity contribution is -0.138. The van der Waals surface area contributed by atoms with E-state index >= 15 is 0 Å². The molecule has 0 saturated carbocycles. The van der Waals surface area contributed by atoms with Gasteiger partial charge in [0.25, 0.3) is 0 Å². The number of hydrogen-bond donors (Lipinski definition) is 4. The van der Waals surface area contributed by atoms with Crippen LogP contribution in [0.1, 0.15) is 6.42 Å². The highest BCUT2D eigenvalue weighted by molar-refractivity contribution is 7.98. The SMILES string of the molecule is CSCCC(NC(N)=O)C(=O)NCC(=O)O. The minimum absolute atomic E-state index is 0.398. The standard InChI is InChI=1S/C8H15N3O4S/c1-16-3-2-5(11-8(9)15)7(14)10-4-6(12)13/h5H,2-4H2,1H3,(H,10,14)(H,12,13)(H3,9,11,15). The Labute approximate surface area is 97.1 Å². The van der Waals surface area contributed by atoms with Gasteiger partial charge in [-0.15, -0.1) is 0 Å². The molecule has 0 spiro atoms. The molecule has 3 amide bonds. The number of primary amides is 1. The number of carboxylic acids is 1. The van der Waals surface area contributed by atoms with Crippen molar-refractivity contribution in [2.75, 3.05) is 18.6 Å². The highest BCUT2D eigenvalue weighted by atomic mass is 32.2. The maximum absolute atomic E-state index is 11.4. The van der Waals surface area contributed by atoms with Gasteiger partial charge in [0.1, 0.15) is 12.6 Å². The van der Waals surface area contributed by atoms with E-state index in [1.165, 1.54) is 11.8 Å². The topological polar surface area (TPSA) is 122 Å². The monoisotopic (exact) mass is 249 g/mol. The molecule has 1 atom stereocenters. The number of thioether (sulfide) groups is 1. The zero-order valence-corrected chi connectivity index (χ0v) is 9.67. The first-order chi connectivity index (χ1) is 7.47. The largest absolute Gasteiger partial charge is 0.480 e. The van der Waals surface area contributed by atoms with E-state index in [2.05, 4.69) is 10.6 Å². The summed E-state index contributed by atoms with van der Waals surface area (Å²) in [4.78, 5) is 32.3. The summed E-state index contributed by atoms with van der Waals surface area (Å²) in [6.07, 6.45) is 2.26. The second kappa shape index (κ2) is 7.80. The van der Waals surface area contributed by atoms with Crippen molar-refractivity contribution in [1.82, 2.24) is 10.6 Å². The fourth-order valence-corrected chi connectivity index (χ4v) is 1.43. The molecule has 0 bridgehead atoms. The maximum Gasteiger partial charge on any atom is 0.322 e. The van der Waals surface area contributed by atoms with E-state index in [0.29, 0.717) is 12.2 Å². The Balaban J connectivity index is 4.19. The summed E-state index contributed by atoms with van der Waals surface area (Å²) < 4.78 is 0. The van der Waals surface area contributed by atoms with Gasteiger partial charge in [0.05, 0.1) is 0 Å². The average molecular weight is 249 g/mol. The molecule has 16 heavy (non-hydrogen) atoms. The smallest absolute Gasteiger partial charge is 0.322 e. The van der Waals surface area contributed by atoms with Crippen molar-refractivity contribution in [3.63, 3.8) is 0 Å². The molecule has 0 fully saturated rings. The van der Waals surface area contributed by atoms with Crippen LogP contribution < -0.4 is 16.4 Å². The number of nitrogens with two attached hydrogens (primary N) is 1. The first-order valence-corrected chi connectivity index (χ1v) is 5.91. The minimum atomic E-state index is -1.14. The molecule has 7 nitrogen and oxygen atoms in total. The van der Waals surface area contributed by atoms with Crippen LogP contribution in [0.25, 0.3) is 0 Å². The highest BCUT2D eigenvalue weighted by Crippen LogP contribution is 2.00. The van der Waals surface area contributed by atoms with Gasteiger partial charge in [-0.3, -0.25) is 9.59 Å². The summed E-state index contributed by atoms with van der Waals surface area (Å²) in [6, 6.07) is -1.60.